The van der Waals surface area contributed by atoms with E-state index in [2.05, 4.69) is 37.2 Å². The number of aliphatic carboxylic acids is 2. The summed E-state index contributed by atoms with van der Waals surface area (Å²) in [5, 5.41) is 36.3. The standard InChI is InChI=1S/C41H66N8O11/c1-20(2)18-28(36(54)44-25(10)41(59)60)45-34(52)24(9)43-38(56)31(21(3)4)48-37(55)29(19-26-14-12-11-13-15-26)46-39(57)32(22(5)6)49-40(58)33(23(7)8)47-35(53)27(42)16-17-30(50)51/h11-15,20-25,27-29,31-33H,16-19,42H2,1-10H3,(H,43,56)(H,44,54)(H,45,52)(H,46,57)(H,47,53)(H,48,55)(H,49,58)(H,50,51)(H,59,60)/t24-,25-,27-,28-,29-,31-,32-,33-/m0/s1. The van der Waals surface area contributed by atoms with E-state index in [9.17, 15) is 48.3 Å². The highest BCUT2D eigenvalue weighted by Crippen LogP contribution is 2.12. The van der Waals surface area contributed by atoms with E-state index in [0.717, 1.165) is 0 Å². The fraction of sp³-hybridized carbons (Fsp3) is 0.634. The maximum Gasteiger partial charge on any atom is 0.325 e. The molecule has 336 valence electrons. The molecular formula is C41H66N8O11. The first-order valence-electron chi connectivity index (χ1n) is 20.2. The number of rotatable bonds is 25. The predicted molar refractivity (Wildman–Crippen MR) is 221 cm³/mol. The molecule has 0 aliphatic carbocycles. The largest absolute Gasteiger partial charge is 0.481 e. The molecule has 0 saturated carbocycles. The lowest BCUT2D eigenvalue weighted by atomic mass is 9.97. The minimum Gasteiger partial charge on any atom is -0.481 e. The zero-order chi connectivity index (χ0) is 46.0. The molecule has 0 aliphatic heterocycles. The second-order valence-electron chi connectivity index (χ2n) is 16.5. The second kappa shape index (κ2) is 25.1. The van der Waals surface area contributed by atoms with Crippen LogP contribution in [0.3, 0.4) is 0 Å². The molecule has 0 fully saturated rings. The van der Waals surface area contributed by atoms with E-state index in [-0.39, 0.29) is 31.6 Å². The highest BCUT2D eigenvalue weighted by atomic mass is 16.4. The third-order valence-electron chi connectivity index (χ3n) is 9.48. The van der Waals surface area contributed by atoms with Crippen molar-refractivity contribution in [3.8, 4) is 0 Å². The van der Waals surface area contributed by atoms with Gasteiger partial charge in [0.2, 0.25) is 41.4 Å². The van der Waals surface area contributed by atoms with Crippen molar-refractivity contribution in [2.45, 2.75) is 143 Å². The van der Waals surface area contributed by atoms with Crippen LogP contribution in [0, 0.1) is 23.7 Å². The van der Waals surface area contributed by atoms with Crippen molar-refractivity contribution in [1.82, 2.24) is 37.2 Å². The average molecular weight is 847 g/mol. The van der Waals surface area contributed by atoms with Crippen LogP contribution in [0.2, 0.25) is 0 Å². The summed E-state index contributed by atoms with van der Waals surface area (Å²) in [4.78, 5) is 116. The lowest BCUT2D eigenvalue weighted by molar-refractivity contribution is -0.142. The van der Waals surface area contributed by atoms with Crippen molar-refractivity contribution in [1.29, 1.82) is 0 Å². The summed E-state index contributed by atoms with van der Waals surface area (Å²) in [7, 11) is 0. The first-order chi connectivity index (χ1) is 27.8. The number of benzene rings is 1. The van der Waals surface area contributed by atoms with E-state index < -0.39 is 119 Å². The smallest absolute Gasteiger partial charge is 0.325 e. The third kappa shape index (κ3) is 18.1. The van der Waals surface area contributed by atoms with Crippen LogP contribution in [-0.4, -0.2) is 112 Å². The Morgan fingerprint density at radius 1 is 0.517 bits per heavy atom. The number of carbonyl (C=O) groups is 9. The van der Waals surface area contributed by atoms with Gasteiger partial charge in [-0.25, -0.2) is 0 Å². The molecule has 1 aromatic carbocycles. The SMILES string of the molecule is CC(C)C[C@H](NC(=O)[C@H](C)NC(=O)[C@@H](NC(=O)[C@H](Cc1ccccc1)NC(=O)[C@@H](NC(=O)[C@@H](NC(=O)[C@@H](N)CCC(=O)O)C(C)C)C(C)C)C(C)C)C(=O)N[C@@H](C)C(=O)O. The van der Waals surface area contributed by atoms with Gasteiger partial charge in [-0.1, -0.05) is 85.7 Å². The second-order valence-corrected chi connectivity index (χ2v) is 16.5. The Morgan fingerprint density at radius 3 is 1.40 bits per heavy atom. The molecule has 0 radical (unpaired) electrons. The van der Waals surface area contributed by atoms with Crippen LogP contribution in [0.4, 0.5) is 0 Å². The summed E-state index contributed by atoms with van der Waals surface area (Å²) < 4.78 is 0. The van der Waals surface area contributed by atoms with Gasteiger partial charge in [0.25, 0.3) is 0 Å². The van der Waals surface area contributed by atoms with E-state index >= 15 is 0 Å². The van der Waals surface area contributed by atoms with E-state index in [1.165, 1.54) is 13.8 Å². The van der Waals surface area contributed by atoms with Crippen LogP contribution in [0.15, 0.2) is 30.3 Å². The normalized spacial score (nSPS) is 15.3. The summed E-state index contributed by atoms with van der Waals surface area (Å²) in [6.45, 7) is 16.3. The molecule has 0 aliphatic rings. The number of nitrogens with one attached hydrogen (secondary N) is 7. The highest BCUT2D eigenvalue weighted by molar-refractivity contribution is 5.97. The van der Waals surface area contributed by atoms with Gasteiger partial charge >= 0.3 is 11.9 Å². The van der Waals surface area contributed by atoms with Gasteiger partial charge in [0, 0.05) is 12.8 Å². The summed E-state index contributed by atoms with van der Waals surface area (Å²) in [6.07, 6.45) is -0.330. The van der Waals surface area contributed by atoms with Gasteiger partial charge in [-0.15, -0.1) is 0 Å². The molecule has 1 rings (SSSR count). The van der Waals surface area contributed by atoms with Gasteiger partial charge in [0.15, 0.2) is 0 Å². The number of carboxylic acids is 2. The molecule has 0 bridgehead atoms. The summed E-state index contributed by atoms with van der Waals surface area (Å²) >= 11 is 0. The molecule has 19 nitrogen and oxygen atoms in total. The summed E-state index contributed by atoms with van der Waals surface area (Å²) in [5.74, 6) is -9.01. The van der Waals surface area contributed by atoms with Crippen molar-refractivity contribution < 1.29 is 53.4 Å². The number of carbonyl (C=O) groups excluding carboxylic acids is 7. The maximum atomic E-state index is 14.0. The van der Waals surface area contributed by atoms with Crippen LogP contribution >= 0.6 is 0 Å². The molecule has 1 aromatic rings. The van der Waals surface area contributed by atoms with Crippen LogP contribution in [0.25, 0.3) is 0 Å². The minimum atomic E-state index is -1.26. The number of carboxylic acid groups (broad SMARTS) is 2. The number of hydrogen-bond donors (Lipinski definition) is 10. The van der Waals surface area contributed by atoms with Crippen LogP contribution in [-0.2, 0) is 49.6 Å². The quantitative estimate of drug-likeness (QED) is 0.0620. The first kappa shape index (κ1) is 52.4. The average Bonchev–Trinajstić information content (AvgIpc) is 3.15. The van der Waals surface area contributed by atoms with E-state index in [4.69, 9.17) is 10.8 Å². The fourth-order valence-electron chi connectivity index (χ4n) is 5.84. The Hall–Kier alpha value is -5.59. The highest BCUT2D eigenvalue weighted by Gasteiger charge is 2.35. The third-order valence-corrected chi connectivity index (χ3v) is 9.48. The molecule has 7 amide bonds. The maximum absolute atomic E-state index is 14.0. The van der Waals surface area contributed by atoms with Gasteiger partial charge in [-0.2, -0.15) is 0 Å². The fourth-order valence-corrected chi connectivity index (χ4v) is 5.84. The topological polar surface area (TPSA) is 304 Å². The Kier molecular flexibility index (Phi) is 22.0. The van der Waals surface area contributed by atoms with Gasteiger partial charge in [0.1, 0.15) is 42.3 Å². The van der Waals surface area contributed by atoms with Gasteiger partial charge in [-0.05, 0) is 55.9 Å². The zero-order valence-electron chi connectivity index (χ0n) is 36.3. The van der Waals surface area contributed by atoms with Crippen molar-refractivity contribution >= 4 is 53.3 Å². The number of hydrogen-bond acceptors (Lipinski definition) is 10. The molecule has 0 aromatic heterocycles. The van der Waals surface area contributed by atoms with Crippen LogP contribution in [0.5, 0.6) is 0 Å². The Morgan fingerprint density at radius 2 is 0.933 bits per heavy atom. The molecule has 0 spiro atoms. The first-order valence-corrected chi connectivity index (χ1v) is 20.2. The molecule has 60 heavy (non-hydrogen) atoms. The lowest BCUT2D eigenvalue weighted by Crippen LogP contribution is -2.62. The monoisotopic (exact) mass is 846 g/mol. The Labute approximate surface area is 351 Å². The van der Waals surface area contributed by atoms with E-state index in [1.54, 1.807) is 71.9 Å². The molecule has 0 saturated heterocycles. The van der Waals surface area contributed by atoms with Gasteiger partial charge in [0.05, 0.1) is 6.04 Å². The predicted octanol–water partition coefficient (Wildman–Crippen LogP) is -0.0467. The molecular weight excluding hydrogens is 780 g/mol. The van der Waals surface area contributed by atoms with Crippen molar-refractivity contribution in [2.24, 2.45) is 29.4 Å². The summed E-state index contributed by atoms with van der Waals surface area (Å²) in [5.41, 5.74) is 6.51. The van der Waals surface area contributed by atoms with Crippen molar-refractivity contribution in [3.05, 3.63) is 35.9 Å². The Bertz CT molecular complexity index is 1650. The molecule has 19 heteroatoms. The van der Waals surface area contributed by atoms with E-state index in [1.807, 2.05) is 13.8 Å². The van der Waals surface area contributed by atoms with Crippen LogP contribution < -0.4 is 43.0 Å². The van der Waals surface area contributed by atoms with E-state index in [0.29, 0.717) is 5.56 Å². The molecule has 11 N–H and O–H groups in total. The minimum absolute atomic E-state index is 0.0128. The van der Waals surface area contributed by atoms with Gasteiger partial charge in [-0.3, -0.25) is 43.2 Å². The summed E-state index contributed by atoms with van der Waals surface area (Å²) in [6, 6.07) is -0.722. The Balaban J connectivity index is 3.26. The molecule has 0 unspecified atom stereocenters. The van der Waals surface area contributed by atoms with Gasteiger partial charge < -0.3 is 53.2 Å². The van der Waals surface area contributed by atoms with Crippen LogP contribution in [0.1, 0.15) is 94.1 Å². The number of amides is 7. The lowest BCUT2D eigenvalue weighted by Gasteiger charge is -2.30. The molecule has 8 atom stereocenters. The van der Waals surface area contributed by atoms with Crippen molar-refractivity contribution in [3.63, 3.8) is 0 Å². The van der Waals surface area contributed by atoms with Crippen molar-refractivity contribution in [2.75, 3.05) is 0 Å². The zero-order valence-corrected chi connectivity index (χ0v) is 36.3. The molecule has 0 heterocycles. The number of nitrogens with two attached hydrogens (primary N) is 1.